The zero-order valence-corrected chi connectivity index (χ0v) is 20.5. The first-order chi connectivity index (χ1) is 16.5. The van der Waals surface area contributed by atoms with Crippen LogP contribution in [0.3, 0.4) is 0 Å². The van der Waals surface area contributed by atoms with Gasteiger partial charge in [0.25, 0.3) is 0 Å². The van der Waals surface area contributed by atoms with E-state index >= 15 is 0 Å². The van der Waals surface area contributed by atoms with E-state index in [-0.39, 0.29) is 17.2 Å². The average Bonchev–Trinajstić information content (AvgIpc) is 3.10. The van der Waals surface area contributed by atoms with Gasteiger partial charge in [0.15, 0.2) is 17.2 Å². The van der Waals surface area contributed by atoms with Crippen LogP contribution in [0.15, 0.2) is 53.3 Å². The number of aryl methyl sites for hydroxylation is 1. The summed E-state index contributed by atoms with van der Waals surface area (Å²) < 4.78 is 22.4. The summed E-state index contributed by atoms with van der Waals surface area (Å²) in [6.45, 7) is 0.630. The van der Waals surface area contributed by atoms with E-state index in [2.05, 4.69) is 5.32 Å². The lowest BCUT2D eigenvalue weighted by Gasteiger charge is -2.20. The maximum atomic E-state index is 12.9. The van der Waals surface area contributed by atoms with Crippen LogP contribution in [0.1, 0.15) is 29.2 Å². The van der Waals surface area contributed by atoms with Crippen molar-refractivity contribution in [2.75, 3.05) is 28.4 Å². The number of fused-ring (bicyclic) bond motifs is 3. The van der Waals surface area contributed by atoms with Crippen LogP contribution in [0.5, 0.6) is 23.0 Å². The summed E-state index contributed by atoms with van der Waals surface area (Å²) in [4.78, 5) is 12.9. The van der Waals surface area contributed by atoms with Crippen LogP contribution >= 0.6 is 11.6 Å². The predicted octanol–water partition coefficient (Wildman–Crippen LogP) is 5.18. The van der Waals surface area contributed by atoms with Crippen molar-refractivity contribution in [2.24, 2.45) is 0 Å². The summed E-state index contributed by atoms with van der Waals surface area (Å²) in [5.74, 6) is 1.98. The third kappa shape index (κ3) is 4.56. The van der Waals surface area contributed by atoms with Gasteiger partial charge in [0.2, 0.25) is 11.2 Å². The van der Waals surface area contributed by atoms with E-state index in [0.717, 1.165) is 40.7 Å². The molecule has 0 fully saturated rings. The van der Waals surface area contributed by atoms with E-state index in [1.807, 2.05) is 36.4 Å². The second kappa shape index (κ2) is 10.4. The molecule has 7 heteroatoms. The summed E-state index contributed by atoms with van der Waals surface area (Å²) in [5, 5.41) is 4.33. The van der Waals surface area contributed by atoms with Crippen LogP contribution in [0.2, 0.25) is 5.02 Å². The van der Waals surface area contributed by atoms with Crippen LogP contribution < -0.4 is 29.7 Å². The van der Waals surface area contributed by atoms with E-state index in [0.29, 0.717) is 28.8 Å². The van der Waals surface area contributed by atoms with Gasteiger partial charge in [-0.2, -0.15) is 0 Å². The number of methoxy groups -OCH3 is 4. The Morgan fingerprint density at radius 2 is 1.59 bits per heavy atom. The first kappa shape index (κ1) is 23.9. The fourth-order valence-electron chi connectivity index (χ4n) is 4.52. The normalized spacial score (nSPS) is 14.4. The topological polar surface area (TPSA) is 66.0 Å². The molecule has 0 unspecified atom stereocenters. The Morgan fingerprint density at radius 1 is 0.882 bits per heavy atom. The summed E-state index contributed by atoms with van der Waals surface area (Å²) in [5.41, 5.74) is 4.65. The van der Waals surface area contributed by atoms with E-state index in [9.17, 15) is 4.79 Å². The molecular formula is C27H28ClNO5. The number of rotatable bonds is 7. The number of ether oxygens (including phenoxy) is 4. The molecule has 1 atom stereocenters. The standard InChI is InChI=1S/C27H28ClNO5/c1-31-23-12-10-19-20(14-22(23)30)21(29-15-16-5-8-18(28)9-6-16)11-7-17-13-24(32-2)26(33-3)27(34-4)25(17)19/h5-6,8-10,12-14,21,29H,7,11,15H2,1-4H3/t21-/m0/s1. The van der Waals surface area contributed by atoms with Crippen molar-refractivity contribution in [3.05, 3.63) is 80.5 Å². The van der Waals surface area contributed by atoms with E-state index in [1.54, 1.807) is 33.5 Å². The first-order valence-electron chi connectivity index (χ1n) is 11.0. The minimum atomic E-state index is -0.176. The summed E-state index contributed by atoms with van der Waals surface area (Å²) >= 11 is 6.04. The number of hydrogen-bond donors (Lipinski definition) is 1. The summed E-state index contributed by atoms with van der Waals surface area (Å²) in [7, 11) is 6.31. The quantitative estimate of drug-likeness (QED) is 0.501. The SMILES string of the molecule is COc1cc2c(c(OC)c1OC)-c1ccc(OC)c(=O)cc1[C@@H](NCc1ccc(Cl)cc1)CC2. The molecule has 0 heterocycles. The van der Waals surface area contributed by atoms with Gasteiger partial charge in [-0.3, -0.25) is 4.79 Å². The highest BCUT2D eigenvalue weighted by molar-refractivity contribution is 6.30. The van der Waals surface area contributed by atoms with Crippen molar-refractivity contribution in [3.63, 3.8) is 0 Å². The van der Waals surface area contributed by atoms with Crippen molar-refractivity contribution in [2.45, 2.75) is 25.4 Å². The highest BCUT2D eigenvalue weighted by atomic mass is 35.5. The third-order valence-corrected chi connectivity index (χ3v) is 6.44. The second-order valence-corrected chi connectivity index (χ2v) is 8.49. The van der Waals surface area contributed by atoms with E-state index < -0.39 is 0 Å². The van der Waals surface area contributed by atoms with Crippen LogP contribution in [0.4, 0.5) is 0 Å². The van der Waals surface area contributed by atoms with Crippen molar-refractivity contribution in [1.29, 1.82) is 0 Å². The smallest absolute Gasteiger partial charge is 0.220 e. The van der Waals surface area contributed by atoms with Crippen molar-refractivity contribution >= 4 is 11.6 Å². The van der Waals surface area contributed by atoms with Gasteiger partial charge in [-0.05, 0) is 65.4 Å². The van der Waals surface area contributed by atoms with Crippen LogP contribution in [-0.4, -0.2) is 28.4 Å². The second-order valence-electron chi connectivity index (χ2n) is 8.06. The minimum absolute atomic E-state index is 0.0791. The van der Waals surface area contributed by atoms with Gasteiger partial charge in [0.05, 0.1) is 28.4 Å². The zero-order chi connectivity index (χ0) is 24.2. The Balaban J connectivity index is 1.89. The largest absolute Gasteiger partial charge is 0.493 e. The molecule has 1 aliphatic carbocycles. The molecule has 0 aromatic heterocycles. The van der Waals surface area contributed by atoms with Crippen molar-refractivity contribution in [1.82, 2.24) is 5.32 Å². The number of nitrogens with one attached hydrogen (secondary N) is 1. The van der Waals surface area contributed by atoms with Crippen molar-refractivity contribution < 1.29 is 18.9 Å². The van der Waals surface area contributed by atoms with Gasteiger partial charge in [-0.25, -0.2) is 0 Å². The Bertz CT molecular complexity index is 1240. The molecule has 0 bridgehead atoms. The molecule has 0 aliphatic heterocycles. The van der Waals surface area contributed by atoms with Crippen molar-refractivity contribution in [3.8, 4) is 34.1 Å². The van der Waals surface area contributed by atoms with Gasteiger partial charge >= 0.3 is 0 Å². The molecule has 0 radical (unpaired) electrons. The minimum Gasteiger partial charge on any atom is -0.493 e. The molecule has 4 rings (SSSR count). The van der Waals surface area contributed by atoms with Gasteiger partial charge < -0.3 is 24.3 Å². The monoisotopic (exact) mass is 481 g/mol. The Kier molecular flexibility index (Phi) is 7.29. The van der Waals surface area contributed by atoms with Gasteiger partial charge in [-0.1, -0.05) is 29.8 Å². The molecule has 0 saturated heterocycles. The van der Waals surface area contributed by atoms with Gasteiger partial charge in [-0.15, -0.1) is 0 Å². The molecule has 6 nitrogen and oxygen atoms in total. The number of benzene rings is 2. The van der Waals surface area contributed by atoms with Gasteiger partial charge in [0.1, 0.15) is 0 Å². The lowest BCUT2D eigenvalue weighted by molar-refractivity contribution is 0.324. The summed E-state index contributed by atoms with van der Waals surface area (Å²) in [6, 6.07) is 14.9. The molecule has 34 heavy (non-hydrogen) atoms. The Morgan fingerprint density at radius 3 is 2.24 bits per heavy atom. The molecule has 1 aliphatic rings. The van der Waals surface area contributed by atoms with Crippen LogP contribution in [0.25, 0.3) is 11.1 Å². The molecular weight excluding hydrogens is 454 g/mol. The lowest BCUT2D eigenvalue weighted by Crippen LogP contribution is -2.22. The molecule has 0 spiro atoms. The lowest BCUT2D eigenvalue weighted by atomic mass is 9.95. The summed E-state index contributed by atoms with van der Waals surface area (Å²) in [6.07, 6.45) is 1.53. The molecule has 3 aromatic rings. The maximum absolute atomic E-state index is 12.9. The molecule has 0 amide bonds. The van der Waals surface area contributed by atoms with Gasteiger partial charge in [0, 0.05) is 23.2 Å². The highest BCUT2D eigenvalue weighted by Gasteiger charge is 2.29. The maximum Gasteiger partial charge on any atom is 0.220 e. The predicted molar refractivity (Wildman–Crippen MR) is 134 cm³/mol. The van der Waals surface area contributed by atoms with E-state index in [4.69, 9.17) is 30.5 Å². The molecule has 0 saturated carbocycles. The molecule has 178 valence electrons. The molecule has 1 N–H and O–H groups in total. The van der Waals surface area contributed by atoms with Crippen LogP contribution in [0, 0.1) is 0 Å². The molecule has 3 aromatic carbocycles. The van der Waals surface area contributed by atoms with E-state index in [1.165, 1.54) is 7.11 Å². The number of halogens is 1. The Labute approximate surface area is 204 Å². The fourth-order valence-corrected chi connectivity index (χ4v) is 4.65. The third-order valence-electron chi connectivity index (χ3n) is 6.19. The Hall–Kier alpha value is -3.22. The first-order valence-corrected chi connectivity index (χ1v) is 11.4. The number of hydrogen-bond acceptors (Lipinski definition) is 6. The average molecular weight is 482 g/mol. The van der Waals surface area contributed by atoms with Crippen LogP contribution in [-0.2, 0) is 13.0 Å². The zero-order valence-electron chi connectivity index (χ0n) is 19.7. The highest BCUT2D eigenvalue weighted by Crippen LogP contribution is 2.50. The fraction of sp³-hybridized carbons (Fsp3) is 0.296.